The van der Waals surface area contributed by atoms with E-state index in [2.05, 4.69) is 20.3 Å². The minimum absolute atomic E-state index is 0.0131. The van der Waals surface area contributed by atoms with Crippen LogP contribution < -0.4 is 10.2 Å². The van der Waals surface area contributed by atoms with Crippen molar-refractivity contribution >= 4 is 40.9 Å². The highest BCUT2D eigenvalue weighted by Gasteiger charge is 2.30. The number of H-pyrrole nitrogens is 1. The van der Waals surface area contributed by atoms with Gasteiger partial charge in [-0.3, -0.25) is 4.79 Å². The summed E-state index contributed by atoms with van der Waals surface area (Å²) in [5, 5.41) is 12.9. The number of aromatic carboxylic acids is 1. The first-order valence-corrected chi connectivity index (χ1v) is 10.3. The van der Waals surface area contributed by atoms with Crippen molar-refractivity contribution in [3.8, 4) is 0 Å². The minimum Gasteiger partial charge on any atom is -0.477 e. The zero-order valence-corrected chi connectivity index (χ0v) is 17.3. The van der Waals surface area contributed by atoms with Crippen molar-refractivity contribution in [1.29, 1.82) is 0 Å². The van der Waals surface area contributed by atoms with Crippen LogP contribution in [0, 0.1) is 6.92 Å². The van der Waals surface area contributed by atoms with Crippen LogP contribution in [0.2, 0.25) is 10.0 Å². The van der Waals surface area contributed by atoms with Crippen LogP contribution in [0.3, 0.4) is 0 Å². The van der Waals surface area contributed by atoms with E-state index in [4.69, 9.17) is 23.2 Å². The van der Waals surface area contributed by atoms with E-state index in [1.807, 2.05) is 4.90 Å². The fourth-order valence-electron chi connectivity index (χ4n) is 3.49. The topological polar surface area (TPSA) is 111 Å². The van der Waals surface area contributed by atoms with E-state index in [1.165, 1.54) is 6.07 Å². The van der Waals surface area contributed by atoms with Crippen LogP contribution >= 0.6 is 23.2 Å². The van der Waals surface area contributed by atoms with Crippen molar-refractivity contribution in [1.82, 2.24) is 20.3 Å². The third kappa shape index (κ3) is 4.18. The third-order valence-corrected chi connectivity index (χ3v) is 6.27. The number of aryl methyl sites for hydroxylation is 1. The van der Waals surface area contributed by atoms with Crippen LogP contribution in [0.1, 0.15) is 64.1 Å². The second-order valence-corrected chi connectivity index (χ2v) is 8.29. The summed E-state index contributed by atoms with van der Waals surface area (Å²) in [5.41, 5.74) is 0.953. The fraction of sp³-hybridized carbons (Fsp3) is 0.474. The predicted octanol–water partition coefficient (Wildman–Crippen LogP) is 3.39. The summed E-state index contributed by atoms with van der Waals surface area (Å²) < 4.78 is 0. The first-order valence-electron chi connectivity index (χ1n) is 9.55. The molecule has 0 radical (unpaired) electrons. The van der Waals surface area contributed by atoms with Gasteiger partial charge in [0.15, 0.2) is 5.69 Å². The lowest BCUT2D eigenvalue weighted by Gasteiger charge is -2.33. The zero-order chi connectivity index (χ0) is 20.7. The van der Waals surface area contributed by atoms with E-state index in [9.17, 15) is 14.7 Å². The molecule has 154 valence electrons. The molecule has 1 aliphatic heterocycles. The minimum atomic E-state index is -1.05. The Morgan fingerprint density at radius 1 is 1.17 bits per heavy atom. The van der Waals surface area contributed by atoms with E-state index in [-0.39, 0.29) is 34.3 Å². The van der Waals surface area contributed by atoms with E-state index in [0.717, 1.165) is 12.8 Å². The number of carbonyl (C=O) groups excluding carboxylic acids is 1. The summed E-state index contributed by atoms with van der Waals surface area (Å²) in [6.45, 7) is 3.07. The van der Waals surface area contributed by atoms with Crippen molar-refractivity contribution in [3.05, 3.63) is 39.0 Å². The van der Waals surface area contributed by atoms with Gasteiger partial charge in [0.1, 0.15) is 17.3 Å². The maximum Gasteiger partial charge on any atom is 0.354 e. The van der Waals surface area contributed by atoms with Crippen LogP contribution in [-0.2, 0) is 0 Å². The molecular formula is C19H21Cl2N5O3. The molecule has 1 saturated carbocycles. The second-order valence-electron chi connectivity index (χ2n) is 7.54. The molecule has 3 heterocycles. The van der Waals surface area contributed by atoms with Gasteiger partial charge in [0.05, 0.1) is 10.0 Å². The number of nitrogens with one attached hydrogen (secondary N) is 2. The number of carbonyl (C=O) groups is 2. The van der Waals surface area contributed by atoms with Gasteiger partial charge in [-0.05, 0) is 32.6 Å². The lowest BCUT2D eigenvalue weighted by Crippen LogP contribution is -2.45. The number of aromatic nitrogens is 3. The average Bonchev–Trinajstić information content (AvgIpc) is 3.52. The molecule has 0 atom stereocenters. The van der Waals surface area contributed by atoms with Crippen LogP contribution in [0.4, 0.5) is 5.82 Å². The molecule has 1 amide bonds. The van der Waals surface area contributed by atoms with Crippen molar-refractivity contribution < 1.29 is 14.7 Å². The van der Waals surface area contributed by atoms with Crippen LogP contribution in [0.25, 0.3) is 0 Å². The molecule has 2 aromatic rings. The van der Waals surface area contributed by atoms with Crippen molar-refractivity contribution in [2.45, 2.75) is 44.6 Å². The van der Waals surface area contributed by atoms with Gasteiger partial charge in [0.25, 0.3) is 5.91 Å². The molecule has 0 aromatic carbocycles. The van der Waals surface area contributed by atoms with Crippen molar-refractivity contribution in [2.24, 2.45) is 0 Å². The Morgan fingerprint density at radius 2 is 1.86 bits per heavy atom. The maximum absolute atomic E-state index is 12.5. The Morgan fingerprint density at radius 3 is 2.41 bits per heavy atom. The smallest absolute Gasteiger partial charge is 0.354 e. The summed E-state index contributed by atoms with van der Waals surface area (Å²) in [5.74, 6) is 0.192. The summed E-state index contributed by atoms with van der Waals surface area (Å²) in [6.07, 6.45) is 3.42. The number of halogens is 2. The number of carboxylic acid groups (broad SMARTS) is 1. The highest BCUT2D eigenvalue weighted by atomic mass is 35.5. The molecule has 1 aliphatic carbocycles. The quantitative estimate of drug-likeness (QED) is 0.660. The molecule has 0 bridgehead atoms. The summed E-state index contributed by atoms with van der Waals surface area (Å²) in [4.78, 5) is 37.6. The standard InChI is InChI=1S/C19H21Cl2N5O3/c1-9-14(20)15(21)16(22-9)18(27)23-11-4-6-26(7-5-11)13-8-12(19(28)29)24-17(25-13)10-2-3-10/h8,10-11,22H,2-7H2,1H3,(H,23,27)(H,28,29). The van der Waals surface area contributed by atoms with Gasteiger partial charge >= 0.3 is 5.97 Å². The molecule has 10 heteroatoms. The molecule has 1 saturated heterocycles. The number of hydrogen-bond donors (Lipinski definition) is 3. The molecule has 29 heavy (non-hydrogen) atoms. The molecule has 0 spiro atoms. The summed E-state index contributed by atoms with van der Waals surface area (Å²) in [6, 6.07) is 1.51. The monoisotopic (exact) mass is 437 g/mol. The maximum atomic E-state index is 12.5. The first kappa shape index (κ1) is 20.0. The van der Waals surface area contributed by atoms with E-state index >= 15 is 0 Å². The van der Waals surface area contributed by atoms with Gasteiger partial charge in [0, 0.05) is 36.8 Å². The van der Waals surface area contributed by atoms with Gasteiger partial charge < -0.3 is 20.3 Å². The number of amides is 1. The molecule has 2 aliphatic rings. The Balaban J connectivity index is 1.41. The number of rotatable bonds is 5. The van der Waals surface area contributed by atoms with Gasteiger partial charge in [-0.25, -0.2) is 14.8 Å². The fourth-order valence-corrected chi connectivity index (χ4v) is 3.90. The lowest BCUT2D eigenvalue weighted by molar-refractivity contribution is 0.0689. The van der Waals surface area contributed by atoms with Gasteiger partial charge in [-0.15, -0.1) is 0 Å². The zero-order valence-electron chi connectivity index (χ0n) is 15.8. The number of aromatic amines is 1. The highest BCUT2D eigenvalue weighted by Crippen LogP contribution is 2.39. The number of anilines is 1. The lowest BCUT2D eigenvalue weighted by atomic mass is 10.0. The van der Waals surface area contributed by atoms with Gasteiger partial charge in [-0.1, -0.05) is 23.2 Å². The largest absolute Gasteiger partial charge is 0.477 e. The number of carboxylic acids is 1. The van der Waals surface area contributed by atoms with Crippen LogP contribution in [0.5, 0.6) is 0 Å². The van der Waals surface area contributed by atoms with E-state index in [1.54, 1.807) is 6.92 Å². The molecule has 2 fully saturated rings. The average molecular weight is 438 g/mol. The Hall–Kier alpha value is -2.32. The molecule has 4 rings (SSSR count). The van der Waals surface area contributed by atoms with Crippen molar-refractivity contribution in [3.63, 3.8) is 0 Å². The summed E-state index contributed by atoms with van der Waals surface area (Å²) in [7, 11) is 0. The normalized spacial score (nSPS) is 17.4. The second kappa shape index (κ2) is 7.84. The van der Waals surface area contributed by atoms with E-state index < -0.39 is 5.97 Å². The highest BCUT2D eigenvalue weighted by molar-refractivity contribution is 6.44. The Labute approximate surface area is 177 Å². The number of piperidine rings is 1. The molecule has 2 aromatic heterocycles. The Bertz CT molecular complexity index is 965. The van der Waals surface area contributed by atoms with Crippen molar-refractivity contribution in [2.75, 3.05) is 18.0 Å². The molecule has 0 unspecified atom stereocenters. The first-order chi connectivity index (χ1) is 13.8. The third-order valence-electron chi connectivity index (χ3n) is 5.33. The Kier molecular flexibility index (Phi) is 5.40. The number of nitrogens with zero attached hydrogens (tertiary/aromatic N) is 3. The molecular weight excluding hydrogens is 417 g/mol. The van der Waals surface area contributed by atoms with Gasteiger partial charge in [0.2, 0.25) is 0 Å². The summed E-state index contributed by atoms with van der Waals surface area (Å²) >= 11 is 12.2. The predicted molar refractivity (Wildman–Crippen MR) is 109 cm³/mol. The SMILES string of the molecule is Cc1[nH]c(C(=O)NC2CCN(c3cc(C(=O)O)nc(C4CC4)n3)CC2)c(Cl)c1Cl. The van der Waals surface area contributed by atoms with Crippen LogP contribution in [0.15, 0.2) is 6.07 Å². The molecule has 3 N–H and O–H groups in total. The van der Waals surface area contributed by atoms with Crippen LogP contribution in [-0.4, -0.2) is 51.1 Å². The van der Waals surface area contributed by atoms with Gasteiger partial charge in [-0.2, -0.15) is 0 Å². The van der Waals surface area contributed by atoms with E-state index in [0.29, 0.717) is 48.3 Å². The molecule has 8 nitrogen and oxygen atoms in total. The number of hydrogen-bond acceptors (Lipinski definition) is 5.